The summed E-state index contributed by atoms with van der Waals surface area (Å²) in [4.78, 5) is 16.1. The Morgan fingerprint density at radius 2 is 2.47 bits per heavy atom. The molecule has 17 heavy (non-hydrogen) atoms. The summed E-state index contributed by atoms with van der Waals surface area (Å²) in [6, 6.07) is 1.25. The zero-order valence-electron chi connectivity index (χ0n) is 8.50. The summed E-state index contributed by atoms with van der Waals surface area (Å²) in [6.07, 6.45) is 1.41. The Morgan fingerprint density at radius 3 is 3.12 bits per heavy atom. The van der Waals surface area contributed by atoms with Crippen LogP contribution in [0.25, 0.3) is 10.4 Å². The van der Waals surface area contributed by atoms with Gasteiger partial charge in [0.05, 0.1) is 10.5 Å². The number of halogens is 1. The van der Waals surface area contributed by atoms with Crippen LogP contribution in [0.1, 0.15) is 12.0 Å². The van der Waals surface area contributed by atoms with Crippen molar-refractivity contribution in [3.63, 3.8) is 0 Å². The molecular formula is C9H6ClN5O2. The van der Waals surface area contributed by atoms with Gasteiger partial charge in [-0.15, -0.1) is 0 Å². The van der Waals surface area contributed by atoms with E-state index in [-0.39, 0.29) is 22.9 Å². The third-order valence-electron chi connectivity index (χ3n) is 1.66. The molecule has 0 atom stereocenters. The minimum absolute atomic E-state index is 0.104. The van der Waals surface area contributed by atoms with Crippen LogP contribution in [0, 0.1) is 22.0 Å². The summed E-state index contributed by atoms with van der Waals surface area (Å²) in [6.45, 7) is 0.240. The van der Waals surface area contributed by atoms with E-state index in [0.717, 1.165) is 6.20 Å². The van der Waals surface area contributed by atoms with Crippen LogP contribution in [0.2, 0.25) is 5.15 Å². The first-order valence-corrected chi connectivity index (χ1v) is 4.82. The van der Waals surface area contributed by atoms with E-state index in [1.54, 1.807) is 0 Å². The van der Waals surface area contributed by atoms with Crippen molar-refractivity contribution in [2.75, 3.05) is 6.54 Å². The Balaban J connectivity index is 2.85. The quantitative estimate of drug-likeness (QED) is 0.120. The van der Waals surface area contributed by atoms with Gasteiger partial charge in [0.1, 0.15) is 11.3 Å². The van der Waals surface area contributed by atoms with Gasteiger partial charge in [0.2, 0.25) is 0 Å². The fourth-order valence-electron chi connectivity index (χ4n) is 0.933. The Labute approximate surface area is 101 Å². The lowest BCUT2D eigenvalue weighted by Crippen LogP contribution is -1.91. The van der Waals surface area contributed by atoms with E-state index < -0.39 is 4.92 Å². The second-order valence-corrected chi connectivity index (χ2v) is 3.15. The third-order valence-corrected chi connectivity index (χ3v) is 1.96. The molecule has 0 amide bonds. The van der Waals surface area contributed by atoms with Crippen LogP contribution in [0.5, 0.6) is 0 Å². The summed E-state index contributed by atoms with van der Waals surface area (Å²) in [7, 11) is 0. The monoisotopic (exact) mass is 251 g/mol. The SMILES string of the molecule is [N-]=[N+]=NCCC#Cc1cc([N+](=O)[O-])cnc1Cl. The summed E-state index contributed by atoms with van der Waals surface area (Å²) in [5.74, 6) is 5.32. The number of hydrogen-bond donors (Lipinski definition) is 0. The molecule has 0 unspecified atom stereocenters. The Hall–Kier alpha value is -2.29. The van der Waals surface area contributed by atoms with E-state index in [4.69, 9.17) is 17.1 Å². The molecule has 0 aliphatic heterocycles. The summed E-state index contributed by atoms with van der Waals surface area (Å²) < 4.78 is 0. The van der Waals surface area contributed by atoms with Crippen molar-refractivity contribution in [2.24, 2.45) is 5.11 Å². The fraction of sp³-hybridized carbons (Fsp3) is 0.222. The lowest BCUT2D eigenvalue weighted by Gasteiger charge is -1.94. The minimum Gasteiger partial charge on any atom is -0.258 e. The molecular weight excluding hydrogens is 246 g/mol. The maximum absolute atomic E-state index is 10.5. The molecule has 1 aromatic heterocycles. The van der Waals surface area contributed by atoms with Crippen LogP contribution in [0.3, 0.4) is 0 Å². The molecule has 0 aliphatic carbocycles. The van der Waals surface area contributed by atoms with Gasteiger partial charge >= 0.3 is 0 Å². The molecule has 0 N–H and O–H groups in total. The molecule has 1 rings (SSSR count). The van der Waals surface area contributed by atoms with Gasteiger partial charge in [0, 0.05) is 23.9 Å². The number of aromatic nitrogens is 1. The molecule has 1 aromatic rings. The first-order chi connectivity index (χ1) is 8.15. The first-order valence-electron chi connectivity index (χ1n) is 4.45. The molecule has 1 heterocycles. The van der Waals surface area contributed by atoms with Crippen LogP contribution in [-0.4, -0.2) is 16.5 Å². The average Bonchev–Trinajstić information content (AvgIpc) is 2.30. The maximum atomic E-state index is 10.5. The van der Waals surface area contributed by atoms with Crippen LogP contribution in [0.4, 0.5) is 5.69 Å². The van der Waals surface area contributed by atoms with Crippen molar-refractivity contribution in [1.29, 1.82) is 0 Å². The third kappa shape index (κ3) is 3.99. The zero-order valence-corrected chi connectivity index (χ0v) is 9.26. The molecule has 0 saturated heterocycles. The highest BCUT2D eigenvalue weighted by molar-refractivity contribution is 6.30. The predicted molar refractivity (Wildman–Crippen MR) is 61.4 cm³/mol. The van der Waals surface area contributed by atoms with Crippen molar-refractivity contribution in [2.45, 2.75) is 6.42 Å². The van der Waals surface area contributed by atoms with Crippen LogP contribution in [0.15, 0.2) is 17.4 Å². The molecule has 86 valence electrons. The molecule has 7 nitrogen and oxygen atoms in total. The van der Waals surface area contributed by atoms with Crippen molar-refractivity contribution >= 4 is 17.3 Å². The number of nitro groups is 1. The van der Waals surface area contributed by atoms with Gasteiger partial charge in [-0.05, 0) is 5.53 Å². The molecule has 0 aromatic carbocycles. The zero-order chi connectivity index (χ0) is 12.7. The topological polar surface area (TPSA) is 105 Å². The second-order valence-electron chi connectivity index (χ2n) is 2.80. The molecule has 0 saturated carbocycles. The Morgan fingerprint density at radius 1 is 1.71 bits per heavy atom. The number of pyridine rings is 1. The summed E-state index contributed by atoms with van der Waals surface area (Å²) in [5.41, 5.74) is 8.14. The second kappa shape index (κ2) is 6.33. The summed E-state index contributed by atoms with van der Waals surface area (Å²) in [5, 5.41) is 13.9. The van der Waals surface area contributed by atoms with Crippen molar-refractivity contribution in [3.8, 4) is 11.8 Å². The van der Waals surface area contributed by atoms with Gasteiger partial charge < -0.3 is 0 Å². The first kappa shape index (κ1) is 12.8. The van der Waals surface area contributed by atoms with Crippen LogP contribution < -0.4 is 0 Å². The van der Waals surface area contributed by atoms with Gasteiger partial charge in [0.25, 0.3) is 5.69 Å². The molecule has 8 heteroatoms. The number of nitrogens with zero attached hydrogens (tertiary/aromatic N) is 5. The molecule has 0 radical (unpaired) electrons. The number of rotatable bonds is 3. The van der Waals surface area contributed by atoms with E-state index in [0.29, 0.717) is 6.42 Å². The van der Waals surface area contributed by atoms with E-state index in [9.17, 15) is 10.1 Å². The molecule has 0 fully saturated rings. The van der Waals surface area contributed by atoms with Crippen LogP contribution in [-0.2, 0) is 0 Å². The molecule has 0 bridgehead atoms. The standard InChI is InChI=1S/C9H6ClN5O2/c10-9-7(3-1-2-4-13-14-11)5-8(6-12-9)15(16)17/h5-6H,2,4H2. The Bertz CT molecular complexity index is 542. The maximum Gasteiger partial charge on any atom is 0.288 e. The Kier molecular flexibility index (Phi) is 4.76. The molecule has 0 spiro atoms. The predicted octanol–water partition coefficient (Wildman–Crippen LogP) is 2.70. The normalized spacial score (nSPS) is 8.76. The highest BCUT2D eigenvalue weighted by Gasteiger charge is 2.09. The van der Waals surface area contributed by atoms with Crippen molar-refractivity contribution in [1.82, 2.24) is 4.98 Å². The fourth-order valence-corrected chi connectivity index (χ4v) is 1.08. The minimum atomic E-state index is -0.575. The van der Waals surface area contributed by atoms with Gasteiger partial charge in [-0.25, -0.2) is 4.98 Å². The average molecular weight is 252 g/mol. The number of hydrogen-bond acceptors (Lipinski definition) is 4. The largest absolute Gasteiger partial charge is 0.288 e. The van der Waals surface area contributed by atoms with Crippen LogP contribution >= 0.6 is 11.6 Å². The van der Waals surface area contributed by atoms with Gasteiger partial charge in [-0.1, -0.05) is 28.6 Å². The van der Waals surface area contributed by atoms with Gasteiger partial charge in [0.15, 0.2) is 0 Å². The highest BCUT2D eigenvalue weighted by atomic mass is 35.5. The van der Waals surface area contributed by atoms with E-state index in [2.05, 4.69) is 26.9 Å². The van der Waals surface area contributed by atoms with E-state index in [1.807, 2.05) is 0 Å². The number of azide groups is 1. The van der Waals surface area contributed by atoms with Gasteiger partial charge in [-0.3, -0.25) is 10.1 Å². The lowest BCUT2D eigenvalue weighted by molar-refractivity contribution is -0.385. The lowest BCUT2D eigenvalue weighted by atomic mass is 10.2. The van der Waals surface area contributed by atoms with E-state index >= 15 is 0 Å². The molecule has 0 aliphatic rings. The summed E-state index contributed by atoms with van der Waals surface area (Å²) >= 11 is 5.72. The van der Waals surface area contributed by atoms with E-state index in [1.165, 1.54) is 6.07 Å². The van der Waals surface area contributed by atoms with Crippen molar-refractivity contribution < 1.29 is 4.92 Å². The van der Waals surface area contributed by atoms with Gasteiger partial charge in [-0.2, -0.15) is 0 Å². The van der Waals surface area contributed by atoms with Crippen molar-refractivity contribution in [3.05, 3.63) is 43.5 Å². The smallest absolute Gasteiger partial charge is 0.258 e. The highest BCUT2D eigenvalue weighted by Crippen LogP contribution is 2.17.